The van der Waals surface area contributed by atoms with Gasteiger partial charge in [-0.2, -0.15) is 0 Å². The Balaban J connectivity index is 1.69. The fourth-order valence-electron chi connectivity index (χ4n) is 2.55. The Morgan fingerprint density at radius 2 is 2.12 bits per heavy atom. The minimum absolute atomic E-state index is 0.181. The van der Waals surface area contributed by atoms with Crippen molar-refractivity contribution < 1.29 is 9.53 Å². The third kappa shape index (κ3) is 4.54. The normalized spacial score (nSPS) is 15.2. The maximum absolute atomic E-state index is 12.4. The molecule has 1 saturated heterocycles. The SMILES string of the molecule is O=C(Nc1cccc(CN2CCOCC2)c1)c1cc(Br)cnc1Cl. The number of amides is 1. The molecular weight excluding hydrogens is 394 g/mol. The monoisotopic (exact) mass is 409 g/mol. The van der Waals surface area contributed by atoms with Crippen LogP contribution >= 0.6 is 27.5 Å². The van der Waals surface area contributed by atoms with Crippen LogP contribution in [-0.2, 0) is 11.3 Å². The second kappa shape index (κ2) is 8.07. The number of rotatable bonds is 4. The molecule has 24 heavy (non-hydrogen) atoms. The summed E-state index contributed by atoms with van der Waals surface area (Å²) in [6, 6.07) is 9.49. The highest BCUT2D eigenvalue weighted by Gasteiger charge is 2.14. The first kappa shape index (κ1) is 17.4. The lowest BCUT2D eigenvalue weighted by atomic mass is 10.1. The molecule has 1 aromatic carbocycles. The van der Waals surface area contributed by atoms with Crippen molar-refractivity contribution in [3.63, 3.8) is 0 Å². The van der Waals surface area contributed by atoms with Crippen LogP contribution in [0.2, 0.25) is 5.15 Å². The Hall–Kier alpha value is -1.47. The van der Waals surface area contributed by atoms with Gasteiger partial charge in [-0.05, 0) is 39.7 Å². The van der Waals surface area contributed by atoms with Crippen LogP contribution in [0.4, 0.5) is 5.69 Å². The van der Waals surface area contributed by atoms with Crippen molar-refractivity contribution in [1.29, 1.82) is 0 Å². The van der Waals surface area contributed by atoms with E-state index in [1.807, 2.05) is 18.2 Å². The first-order valence-electron chi connectivity index (χ1n) is 7.63. The van der Waals surface area contributed by atoms with E-state index in [0.717, 1.165) is 44.1 Å². The van der Waals surface area contributed by atoms with E-state index >= 15 is 0 Å². The van der Waals surface area contributed by atoms with Gasteiger partial charge in [0.15, 0.2) is 0 Å². The van der Waals surface area contributed by atoms with Gasteiger partial charge in [0, 0.05) is 36.0 Å². The number of carbonyl (C=O) groups excluding carboxylic acids is 1. The minimum atomic E-state index is -0.280. The lowest BCUT2D eigenvalue weighted by Gasteiger charge is -2.26. The molecule has 0 saturated carbocycles. The molecule has 0 unspecified atom stereocenters. The number of nitrogens with zero attached hydrogens (tertiary/aromatic N) is 2. The number of hydrogen-bond acceptors (Lipinski definition) is 4. The lowest BCUT2D eigenvalue weighted by molar-refractivity contribution is 0.0342. The van der Waals surface area contributed by atoms with Gasteiger partial charge in [-0.3, -0.25) is 9.69 Å². The standard InChI is InChI=1S/C17H17BrClN3O2/c18-13-9-15(16(19)20-10-13)17(23)21-14-3-1-2-12(8-14)11-22-4-6-24-7-5-22/h1-3,8-10H,4-7,11H2,(H,21,23). The van der Waals surface area contributed by atoms with Gasteiger partial charge in [0.05, 0.1) is 18.8 Å². The Bertz CT molecular complexity index is 736. The van der Waals surface area contributed by atoms with Crippen molar-refractivity contribution in [3.05, 3.63) is 57.3 Å². The zero-order valence-corrected chi connectivity index (χ0v) is 15.3. The quantitative estimate of drug-likeness (QED) is 0.783. The zero-order valence-electron chi connectivity index (χ0n) is 13.0. The van der Waals surface area contributed by atoms with Crippen LogP contribution in [0.5, 0.6) is 0 Å². The van der Waals surface area contributed by atoms with Crippen LogP contribution in [0.15, 0.2) is 41.0 Å². The van der Waals surface area contributed by atoms with E-state index in [0.29, 0.717) is 10.0 Å². The van der Waals surface area contributed by atoms with Crippen LogP contribution in [0.3, 0.4) is 0 Å². The summed E-state index contributed by atoms with van der Waals surface area (Å²) in [5, 5.41) is 3.06. The van der Waals surface area contributed by atoms with Gasteiger partial charge in [0.2, 0.25) is 0 Å². The summed E-state index contributed by atoms with van der Waals surface area (Å²) < 4.78 is 6.07. The predicted molar refractivity (Wildman–Crippen MR) is 97.4 cm³/mol. The molecule has 0 aliphatic carbocycles. The van der Waals surface area contributed by atoms with Crippen LogP contribution in [0.1, 0.15) is 15.9 Å². The van der Waals surface area contributed by atoms with Crippen molar-refractivity contribution in [2.75, 3.05) is 31.6 Å². The summed E-state index contributed by atoms with van der Waals surface area (Å²) in [6.07, 6.45) is 1.56. The summed E-state index contributed by atoms with van der Waals surface area (Å²) in [5.41, 5.74) is 2.22. The van der Waals surface area contributed by atoms with E-state index in [4.69, 9.17) is 16.3 Å². The zero-order chi connectivity index (χ0) is 16.9. The van der Waals surface area contributed by atoms with E-state index in [-0.39, 0.29) is 11.1 Å². The highest BCUT2D eigenvalue weighted by molar-refractivity contribution is 9.10. The number of hydrogen-bond donors (Lipinski definition) is 1. The smallest absolute Gasteiger partial charge is 0.258 e. The van der Waals surface area contributed by atoms with Crippen LogP contribution in [0, 0.1) is 0 Å². The Morgan fingerprint density at radius 1 is 1.33 bits per heavy atom. The molecule has 126 valence electrons. The fraction of sp³-hybridized carbons (Fsp3) is 0.294. The summed E-state index contributed by atoms with van der Waals surface area (Å²) in [6.45, 7) is 4.23. The number of nitrogens with one attached hydrogen (secondary N) is 1. The van der Waals surface area contributed by atoms with E-state index in [9.17, 15) is 4.79 Å². The molecule has 0 bridgehead atoms. The number of halogens is 2. The first-order valence-corrected chi connectivity index (χ1v) is 8.80. The highest BCUT2D eigenvalue weighted by atomic mass is 79.9. The van der Waals surface area contributed by atoms with Gasteiger partial charge < -0.3 is 10.1 Å². The Labute approximate surface area is 154 Å². The number of ether oxygens (including phenoxy) is 1. The van der Waals surface area contributed by atoms with Crippen LogP contribution in [-0.4, -0.2) is 42.1 Å². The molecule has 7 heteroatoms. The van der Waals surface area contributed by atoms with Gasteiger partial charge in [0.1, 0.15) is 5.15 Å². The van der Waals surface area contributed by atoms with Crippen LogP contribution < -0.4 is 5.32 Å². The predicted octanol–water partition coefficient (Wildman–Crippen LogP) is 3.58. The van der Waals surface area contributed by atoms with Crippen LogP contribution in [0.25, 0.3) is 0 Å². The van der Waals surface area contributed by atoms with E-state index < -0.39 is 0 Å². The second-order valence-corrected chi connectivity index (χ2v) is 6.81. The number of morpholine rings is 1. The average Bonchev–Trinajstić information content (AvgIpc) is 2.58. The topological polar surface area (TPSA) is 54.5 Å². The molecule has 5 nitrogen and oxygen atoms in total. The largest absolute Gasteiger partial charge is 0.379 e. The van der Waals surface area contributed by atoms with E-state index in [2.05, 4.69) is 37.2 Å². The molecule has 1 N–H and O–H groups in total. The molecule has 1 fully saturated rings. The molecule has 2 aromatic rings. The van der Waals surface area contributed by atoms with Gasteiger partial charge in [-0.1, -0.05) is 23.7 Å². The van der Waals surface area contributed by atoms with Gasteiger partial charge >= 0.3 is 0 Å². The molecule has 0 radical (unpaired) electrons. The molecule has 1 aliphatic rings. The van der Waals surface area contributed by atoms with Crippen molar-refractivity contribution in [2.45, 2.75) is 6.54 Å². The van der Waals surface area contributed by atoms with Crippen molar-refractivity contribution in [1.82, 2.24) is 9.88 Å². The molecule has 2 heterocycles. The molecule has 1 amide bonds. The number of aromatic nitrogens is 1. The molecule has 1 aromatic heterocycles. The van der Waals surface area contributed by atoms with Crippen molar-refractivity contribution in [2.24, 2.45) is 0 Å². The van der Waals surface area contributed by atoms with Crippen molar-refractivity contribution in [3.8, 4) is 0 Å². The lowest BCUT2D eigenvalue weighted by Crippen LogP contribution is -2.35. The number of carbonyl (C=O) groups is 1. The fourth-order valence-corrected chi connectivity index (χ4v) is 3.07. The second-order valence-electron chi connectivity index (χ2n) is 5.53. The summed E-state index contributed by atoms with van der Waals surface area (Å²) in [5.74, 6) is -0.280. The van der Waals surface area contributed by atoms with Crippen molar-refractivity contribution >= 4 is 39.1 Å². The number of benzene rings is 1. The summed E-state index contributed by atoms with van der Waals surface area (Å²) >= 11 is 9.31. The third-order valence-electron chi connectivity index (χ3n) is 3.75. The molecule has 0 atom stereocenters. The molecular formula is C17H17BrClN3O2. The summed E-state index contributed by atoms with van der Waals surface area (Å²) in [7, 11) is 0. The number of pyridine rings is 1. The van der Waals surface area contributed by atoms with Gasteiger partial charge in [-0.15, -0.1) is 0 Å². The van der Waals surface area contributed by atoms with Gasteiger partial charge in [-0.25, -0.2) is 4.98 Å². The molecule has 1 aliphatic heterocycles. The van der Waals surface area contributed by atoms with Gasteiger partial charge in [0.25, 0.3) is 5.91 Å². The third-order valence-corrected chi connectivity index (χ3v) is 4.48. The maximum Gasteiger partial charge on any atom is 0.258 e. The average molecular weight is 411 g/mol. The maximum atomic E-state index is 12.4. The Morgan fingerprint density at radius 3 is 2.92 bits per heavy atom. The Kier molecular flexibility index (Phi) is 5.84. The van der Waals surface area contributed by atoms with E-state index in [1.54, 1.807) is 12.3 Å². The van der Waals surface area contributed by atoms with E-state index in [1.165, 1.54) is 0 Å². The molecule has 0 spiro atoms. The molecule has 3 rings (SSSR count). The summed E-state index contributed by atoms with van der Waals surface area (Å²) in [4.78, 5) is 18.7. The minimum Gasteiger partial charge on any atom is -0.379 e. The highest BCUT2D eigenvalue weighted by Crippen LogP contribution is 2.20. The number of anilines is 1. The first-order chi connectivity index (χ1) is 11.6.